The van der Waals surface area contributed by atoms with E-state index >= 15 is 0 Å². The molecule has 0 unspecified atom stereocenters. The normalized spacial score (nSPS) is 9.48. The fourth-order valence-corrected chi connectivity index (χ4v) is 2.12. The lowest BCUT2D eigenvalue weighted by Gasteiger charge is -2.05. The molecule has 0 saturated carbocycles. The van der Waals surface area contributed by atoms with Crippen LogP contribution in [0.5, 0.6) is 5.75 Å². The number of hydrogen-bond donors (Lipinski definition) is 0. The van der Waals surface area contributed by atoms with E-state index < -0.39 is 5.97 Å². The minimum atomic E-state index is -0.566. The van der Waals surface area contributed by atoms with Gasteiger partial charge in [-0.3, -0.25) is 0 Å². The second-order valence-electron chi connectivity index (χ2n) is 5.14. The average molecular weight is 332 g/mol. The predicted octanol–water partition coefficient (Wildman–Crippen LogP) is 5.23. The molecular weight excluding hydrogens is 312 g/mol. The molecule has 3 aromatic carbocycles. The molecule has 25 heavy (non-hydrogen) atoms. The molecule has 3 aromatic rings. The fourth-order valence-electron chi connectivity index (χ4n) is 2.12. The summed E-state index contributed by atoms with van der Waals surface area (Å²) in [7, 11) is 1.28. The summed E-state index contributed by atoms with van der Waals surface area (Å²) >= 11 is 0. The van der Waals surface area contributed by atoms with Crippen LogP contribution < -0.4 is 4.74 Å². The second-order valence-corrected chi connectivity index (χ2v) is 5.14. The maximum atomic E-state index is 10.9. The van der Waals surface area contributed by atoms with Gasteiger partial charge in [0.1, 0.15) is 5.75 Å². The van der Waals surface area contributed by atoms with Crippen molar-refractivity contribution in [1.82, 2.24) is 0 Å². The third-order valence-corrected chi connectivity index (χ3v) is 3.41. The van der Waals surface area contributed by atoms with Crippen LogP contribution in [0.1, 0.15) is 5.56 Å². The van der Waals surface area contributed by atoms with Gasteiger partial charge < -0.3 is 9.47 Å². The summed E-state index contributed by atoms with van der Waals surface area (Å²) in [6.45, 7) is 7.16. The molecule has 0 amide bonds. The Labute approximate surface area is 147 Å². The summed E-state index contributed by atoms with van der Waals surface area (Å²) in [5.74, 6) is -0.0181. The van der Waals surface area contributed by atoms with Gasteiger partial charge in [0.05, 0.1) is 7.11 Å². The molecule has 0 aliphatic rings. The van der Waals surface area contributed by atoms with Gasteiger partial charge >= 0.3 is 5.97 Å². The van der Waals surface area contributed by atoms with Crippen molar-refractivity contribution in [2.24, 2.45) is 0 Å². The van der Waals surface area contributed by atoms with Crippen molar-refractivity contribution < 1.29 is 14.3 Å². The van der Waals surface area contributed by atoms with E-state index in [1.54, 1.807) is 24.3 Å². The Morgan fingerprint density at radius 3 is 2.20 bits per heavy atom. The first-order valence-electron chi connectivity index (χ1n) is 7.75. The molecule has 0 radical (unpaired) electrons. The molecule has 3 heteroatoms. The number of rotatable bonds is 4. The Morgan fingerprint density at radius 2 is 1.56 bits per heavy atom. The van der Waals surface area contributed by atoms with Gasteiger partial charge in [0.25, 0.3) is 0 Å². The van der Waals surface area contributed by atoms with Crippen LogP contribution in [0.4, 0.5) is 0 Å². The molecule has 126 valence electrons. The Bertz CT molecular complexity index is 867. The highest BCUT2D eigenvalue weighted by Gasteiger charge is 2.07. The standard InChI is InChI=1S/C12H10.C10H10O3/c1-2-10-7-8-11-5-3-4-6-12(11)9-10;1-8(10(11)12-2)13-9-6-4-3-5-7-9/h2-9H,1H2;3-7H,1H2,2H3. The van der Waals surface area contributed by atoms with Crippen molar-refractivity contribution in [2.45, 2.75) is 0 Å². The first-order chi connectivity index (χ1) is 12.1. The predicted molar refractivity (Wildman–Crippen MR) is 102 cm³/mol. The highest BCUT2D eigenvalue weighted by atomic mass is 16.6. The molecule has 0 heterocycles. The largest absolute Gasteiger partial charge is 0.463 e. The topological polar surface area (TPSA) is 35.5 Å². The Kier molecular flexibility index (Phi) is 6.55. The van der Waals surface area contributed by atoms with Crippen LogP contribution in [0.15, 0.2) is 91.7 Å². The zero-order valence-corrected chi connectivity index (χ0v) is 14.1. The zero-order chi connectivity index (χ0) is 18.1. The van der Waals surface area contributed by atoms with Crippen LogP contribution in [-0.4, -0.2) is 13.1 Å². The van der Waals surface area contributed by atoms with E-state index in [2.05, 4.69) is 60.4 Å². The van der Waals surface area contributed by atoms with Crippen LogP contribution in [0.25, 0.3) is 16.8 Å². The molecule has 0 N–H and O–H groups in total. The minimum absolute atomic E-state index is 0.0197. The number of ether oxygens (including phenoxy) is 2. The number of esters is 1. The van der Waals surface area contributed by atoms with E-state index in [0.29, 0.717) is 5.75 Å². The maximum Gasteiger partial charge on any atom is 0.373 e. The third kappa shape index (κ3) is 5.36. The molecule has 0 bridgehead atoms. The summed E-state index contributed by atoms with van der Waals surface area (Å²) in [4.78, 5) is 10.9. The lowest BCUT2D eigenvalue weighted by atomic mass is 10.1. The van der Waals surface area contributed by atoms with E-state index in [4.69, 9.17) is 4.74 Å². The summed E-state index contributed by atoms with van der Waals surface area (Å²) in [5.41, 5.74) is 1.17. The van der Waals surface area contributed by atoms with Crippen molar-refractivity contribution >= 4 is 22.8 Å². The molecule has 0 aliphatic carbocycles. The minimum Gasteiger partial charge on any atom is -0.463 e. The second kappa shape index (κ2) is 9.08. The number of fused-ring (bicyclic) bond motifs is 1. The van der Waals surface area contributed by atoms with Crippen LogP contribution in [-0.2, 0) is 9.53 Å². The fraction of sp³-hybridized carbons (Fsp3) is 0.0455. The lowest BCUT2D eigenvalue weighted by Crippen LogP contribution is -2.08. The molecule has 3 nitrogen and oxygen atoms in total. The average Bonchev–Trinajstić information content (AvgIpc) is 2.68. The first-order valence-corrected chi connectivity index (χ1v) is 7.75. The van der Waals surface area contributed by atoms with Crippen molar-refractivity contribution in [3.63, 3.8) is 0 Å². The van der Waals surface area contributed by atoms with Crippen molar-refractivity contribution in [1.29, 1.82) is 0 Å². The Balaban J connectivity index is 0.000000181. The number of methoxy groups -OCH3 is 1. The number of hydrogen-bond acceptors (Lipinski definition) is 3. The summed E-state index contributed by atoms with van der Waals surface area (Å²) in [6, 6.07) is 23.6. The van der Waals surface area contributed by atoms with Crippen LogP contribution in [0.3, 0.4) is 0 Å². The van der Waals surface area contributed by atoms with Crippen molar-refractivity contribution in [3.05, 3.63) is 97.3 Å². The van der Waals surface area contributed by atoms with Gasteiger partial charge in [-0.2, -0.15) is 0 Å². The number of carbonyl (C=O) groups excluding carboxylic acids is 1. The lowest BCUT2D eigenvalue weighted by molar-refractivity contribution is -0.138. The van der Waals surface area contributed by atoms with Gasteiger partial charge in [-0.25, -0.2) is 4.79 Å². The zero-order valence-electron chi connectivity index (χ0n) is 14.1. The van der Waals surface area contributed by atoms with E-state index in [1.807, 2.05) is 12.1 Å². The van der Waals surface area contributed by atoms with Gasteiger partial charge in [0.15, 0.2) is 0 Å². The molecule has 0 aromatic heterocycles. The Morgan fingerprint density at radius 1 is 0.920 bits per heavy atom. The van der Waals surface area contributed by atoms with Crippen molar-refractivity contribution in [3.8, 4) is 5.75 Å². The van der Waals surface area contributed by atoms with Crippen molar-refractivity contribution in [2.75, 3.05) is 7.11 Å². The van der Waals surface area contributed by atoms with Crippen LogP contribution >= 0.6 is 0 Å². The molecule has 0 aliphatic heterocycles. The van der Waals surface area contributed by atoms with Gasteiger partial charge in [-0.1, -0.05) is 67.3 Å². The van der Waals surface area contributed by atoms with E-state index in [0.717, 1.165) is 0 Å². The molecule has 0 saturated heterocycles. The van der Waals surface area contributed by atoms with Crippen LogP contribution in [0, 0.1) is 0 Å². The smallest absolute Gasteiger partial charge is 0.373 e. The number of carbonyl (C=O) groups is 1. The molecule has 0 atom stereocenters. The SMILES string of the molecule is C=C(Oc1ccccc1)C(=O)OC.C=Cc1ccc2ccccc2c1. The number of benzene rings is 3. The molecular formula is C22H20O3. The van der Waals surface area contributed by atoms with E-state index in [-0.39, 0.29) is 5.76 Å². The first kappa shape index (κ1) is 18.0. The summed E-state index contributed by atoms with van der Waals surface area (Å²) < 4.78 is 9.52. The molecule has 0 fully saturated rings. The van der Waals surface area contributed by atoms with E-state index in [1.165, 1.54) is 23.4 Å². The maximum absolute atomic E-state index is 10.9. The monoisotopic (exact) mass is 332 g/mol. The van der Waals surface area contributed by atoms with Gasteiger partial charge in [0.2, 0.25) is 5.76 Å². The molecule has 0 spiro atoms. The summed E-state index contributed by atoms with van der Waals surface area (Å²) in [6.07, 6.45) is 1.87. The summed E-state index contributed by atoms with van der Waals surface area (Å²) in [5, 5.41) is 2.55. The quantitative estimate of drug-likeness (QED) is 0.372. The number of para-hydroxylation sites is 1. The van der Waals surface area contributed by atoms with Crippen LogP contribution in [0.2, 0.25) is 0 Å². The van der Waals surface area contributed by atoms with Gasteiger partial charge in [-0.15, -0.1) is 0 Å². The molecule has 3 rings (SSSR count). The van der Waals surface area contributed by atoms with Gasteiger partial charge in [-0.05, 0) is 41.1 Å². The Hall–Kier alpha value is -3.33. The third-order valence-electron chi connectivity index (χ3n) is 3.41. The highest BCUT2D eigenvalue weighted by Crippen LogP contribution is 2.15. The van der Waals surface area contributed by atoms with Gasteiger partial charge in [0, 0.05) is 0 Å². The van der Waals surface area contributed by atoms with E-state index in [9.17, 15) is 4.79 Å². The highest BCUT2D eigenvalue weighted by molar-refractivity contribution is 5.86.